The smallest absolute Gasteiger partial charge is 0.187 e. The van der Waals surface area contributed by atoms with Gasteiger partial charge in [-0.3, -0.25) is 4.79 Å². The van der Waals surface area contributed by atoms with Gasteiger partial charge in [-0.05, 0) is 27.7 Å². The molecule has 10 nitrogen and oxygen atoms in total. The Morgan fingerprint density at radius 2 is 1.26 bits per heavy atom. The molecular weight excluding hydrogens is 448 g/mol. The quantitative estimate of drug-likeness (QED) is 0.503. The topological polar surface area (TPSA) is 133 Å². The number of aliphatic hydroxyl groups is 3. The molecule has 34 heavy (non-hydrogen) atoms. The SMILES string of the molecule is C.C.C[C@@H]1[C@H]2OC(C)(C)O[C@H]2O[C@@H]1CC(=O)CO.C[C@@H]1[C@H]2OC(C)(C)O[C@H]2O[C@@H]1C[C@H](O)CO. The fourth-order valence-electron chi connectivity index (χ4n) is 4.59. The minimum absolute atomic E-state index is 0. The maximum Gasteiger partial charge on any atom is 0.187 e. The Labute approximate surface area is 203 Å². The van der Waals surface area contributed by atoms with E-state index in [4.69, 9.17) is 38.6 Å². The molecule has 0 aliphatic carbocycles. The highest BCUT2D eigenvalue weighted by Crippen LogP contribution is 2.42. The number of hydrogen-bond donors (Lipinski definition) is 3. The Hall–Kier alpha value is -0.690. The Bertz CT molecular complexity index is 654. The normalized spacial score (nSPS) is 39.7. The van der Waals surface area contributed by atoms with E-state index in [0.717, 1.165) is 0 Å². The fraction of sp³-hybridized carbons (Fsp3) is 0.958. The predicted octanol–water partition coefficient (Wildman–Crippen LogP) is 1.96. The van der Waals surface area contributed by atoms with E-state index in [0.29, 0.717) is 6.42 Å². The van der Waals surface area contributed by atoms with Crippen LogP contribution >= 0.6 is 0 Å². The molecule has 202 valence electrons. The number of carbonyl (C=O) groups is 1. The van der Waals surface area contributed by atoms with E-state index in [1.807, 2.05) is 41.5 Å². The van der Waals surface area contributed by atoms with E-state index in [-0.39, 0.29) is 82.5 Å². The van der Waals surface area contributed by atoms with Crippen LogP contribution in [0.2, 0.25) is 0 Å². The highest BCUT2D eigenvalue weighted by molar-refractivity contribution is 5.79. The second kappa shape index (κ2) is 12.0. The highest BCUT2D eigenvalue weighted by Gasteiger charge is 2.54. The number of fused-ring (bicyclic) bond motifs is 2. The molecule has 4 saturated heterocycles. The molecule has 0 unspecified atom stereocenters. The van der Waals surface area contributed by atoms with E-state index in [9.17, 15) is 9.90 Å². The molecule has 0 radical (unpaired) electrons. The number of ketones is 1. The van der Waals surface area contributed by atoms with E-state index in [1.165, 1.54) is 0 Å². The van der Waals surface area contributed by atoms with Crippen LogP contribution in [-0.4, -0.2) is 89.0 Å². The van der Waals surface area contributed by atoms with E-state index < -0.39 is 24.3 Å². The third kappa shape index (κ3) is 7.18. The van der Waals surface area contributed by atoms with Crippen LogP contribution in [0.3, 0.4) is 0 Å². The van der Waals surface area contributed by atoms with E-state index in [1.54, 1.807) is 0 Å². The van der Waals surface area contributed by atoms with Crippen LogP contribution in [0.1, 0.15) is 69.2 Å². The molecule has 4 fully saturated rings. The first-order chi connectivity index (χ1) is 14.9. The average molecular weight is 495 g/mol. The standard InChI is InChI=1S/C11H20O5.C11H18O5.2CH4/c2*1-6-8(4-7(13)5-12)14-10-9(6)15-11(2,3)16-10;;/h6-10,12-13H,4-5H2,1-3H3;6,8-10,12H,4-5H2,1-3H3;2*1H4/t6-,7-,8+,9+,10+;6-,8+,9+,10+;;/m00../s1. The van der Waals surface area contributed by atoms with Gasteiger partial charge in [0.05, 0.1) is 24.9 Å². The monoisotopic (exact) mass is 494 g/mol. The summed E-state index contributed by atoms with van der Waals surface area (Å²) in [6.07, 6.45) is -1.37. The summed E-state index contributed by atoms with van der Waals surface area (Å²) in [7, 11) is 0. The summed E-state index contributed by atoms with van der Waals surface area (Å²) in [6, 6.07) is 0. The van der Waals surface area contributed by atoms with Crippen molar-refractivity contribution in [3.05, 3.63) is 0 Å². The van der Waals surface area contributed by atoms with Gasteiger partial charge >= 0.3 is 0 Å². The molecule has 4 rings (SSSR count). The van der Waals surface area contributed by atoms with Crippen molar-refractivity contribution in [2.45, 2.75) is 124 Å². The zero-order valence-electron chi connectivity index (χ0n) is 19.7. The summed E-state index contributed by atoms with van der Waals surface area (Å²) >= 11 is 0. The molecule has 0 spiro atoms. The minimum atomic E-state index is -0.737. The number of aliphatic hydroxyl groups excluding tert-OH is 3. The van der Waals surface area contributed by atoms with Gasteiger partial charge in [0.1, 0.15) is 18.8 Å². The third-order valence-electron chi connectivity index (χ3n) is 6.32. The Morgan fingerprint density at radius 1 is 0.824 bits per heavy atom. The van der Waals surface area contributed by atoms with Gasteiger partial charge in [-0.15, -0.1) is 0 Å². The number of rotatable bonds is 6. The van der Waals surface area contributed by atoms with Gasteiger partial charge in [0.25, 0.3) is 0 Å². The predicted molar refractivity (Wildman–Crippen MR) is 124 cm³/mol. The van der Waals surface area contributed by atoms with Crippen molar-refractivity contribution >= 4 is 5.78 Å². The van der Waals surface area contributed by atoms with Crippen molar-refractivity contribution in [2.75, 3.05) is 13.2 Å². The molecule has 0 bridgehead atoms. The minimum Gasteiger partial charge on any atom is -0.394 e. The van der Waals surface area contributed by atoms with Crippen LogP contribution in [0.25, 0.3) is 0 Å². The van der Waals surface area contributed by atoms with E-state index >= 15 is 0 Å². The summed E-state index contributed by atoms with van der Waals surface area (Å²) in [5.74, 6) is -1.16. The molecule has 4 aliphatic heterocycles. The molecule has 4 heterocycles. The van der Waals surface area contributed by atoms with Crippen LogP contribution in [0.5, 0.6) is 0 Å². The van der Waals surface area contributed by atoms with Crippen molar-refractivity contribution < 1.29 is 48.5 Å². The molecule has 0 aromatic heterocycles. The zero-order chi connectivity index (χ0) is 23.8. The maximum absolute atomic E-state index is 11.1. The van der Waals surface area contributed by atoms with Gasteiger partial charge in [0.15, 0.2) is 29.9 Å². The number of Topliss-reactive ketones (excluding diaryl/α,β-unsaturated/α-hetero) is 1. The molecule has 10 heteroatoms. The molecule has 0 aromatic rings. The lowest BCUT2D eigenvalue weighted by Crippen LogP contribution is -2.31. The molecule has 9 atom stereocenters. The second-order valence-corrected chi connectivity index (χ2v) is 9.98. The molecule has 0 saturated carbocycles. The number of hydrogen-bond acceptors (Lipinski definition) is 10. The Kier molecular flexibility index (Phi) is 11.1. The Morgan fingerprint density at radius 3 is 1.68 bits per heavy atom. The van der Waals surface area contributed by atoms with Crippen molar-refractivity contribution in [2.24, 2.45) is 11.8 Å². The first kappa shape index (κ1) is 31.3. The van der Waals surface area contributed by atoms with Gasteiger partial charge in [-0.25, -0.2) is 0 Å². The van der Waals surface area contributed by atoms with Crippen LogP contribution in [0.4, 0.5) is 0 Å². The van der Waals surface area contributed by atoms with Gasteiger partial charge in [-0.2, -0.15) is 0 Å². The summed E-state index contributed by atoms with van der Waals surface area (Å²) in [5, 5.41) is 26.9. The first-order valence-electron chi connectivity index (χ1n) is 11.3. The van der Waals surface area contributed by atoms with Gasteiger partial charge < -0.3 is 43.7 Å². The molecule has 0 aromatic carbocycles. The van der Waals surface area contributed by atoms with Crippen LogP contribution < -0.4 is 0 Å². The zero-order valence-corrected chi connectivity index (χ0v) is 19.7. The van der Waals surface area contributed by atoms with Crippen molar-refractivity contribution in [3.8, 4) is 0 Å². The summed E-state index contributed by atoms with van der Waals surface area (Å²) in [6.45, 7) is 10.7. The summed E-state index contributed by atoms with van der Waals surface area (Å²) in [4.78, 5) is 11.1. The summed E-state index contributed by atoms with van der Waals surface area (Å²) in [5.41, 5.74) is 0. The molecule has 3 N–H and O–H groups in total. The molecular formula is C24H46O10. The third-order valence-corrected chi connectivity index (χ3v) is 6.32. The van der Waals surface area contributed by atoms with Crippen molar-refractivity contribution in [3.63, 3.8) is 0 Å². The maximum atomic E-state index is 11.1. The molecule has 4 aliphatic rings. The van der Waals surface area contributed by atoms with Gasteiger partial charge in [0.2, 0.25) is 0 Å². The second-order valence-electron chi connectivity index (χ2n) is 9.98. The number of carbonyl (C=O) groups excluding carboxylic acids is 1. The van der Waals surface area contributed by atoms with Crippen LogP contribution in [0.15, 0.2) is 0 Å². The van der Waals surface area contributed by atoms with Crippen molar-refractivity contribution in [1.82, 2.24) is 0 Å². The lowest BCUT2D eigenvalue weighted by molar-refractivity contribution is -0.212. The lowest BCUT2D eigenvalue weighted by Gasteiger charge is -2.24. The van der Waals surface area contributed by atoms with E-state index in [2.05, 4.69) is 0 Å². The first-order valence-corrected chi connectivity index (χ1v) is 11.3. The van der Waals surface area contributed by atoms with Crippen LogP contribution in [0, 0.1) is 11.8 Å². The van der Waals surface area contributed by atoms with Crippen molar-refractivity contribution in [1.29, 1.82) is 0 Å². The highest BCUT2D eigenvalue weighted by atomic mass is 16.8. The summed E-state index contributed by atoms with van der Waals surface area (Å²) < 4.78 is 33.9. The Balaban J connectivity index is 0.000000321. The average Bonchev–Trinajstić information content (AvgIpc) is 3.35. The van der Waals surface area contributed by atoms with Gasteiger partial charge in [-0.1, -0.05) is 28.7 Å². The largest absolute Gasteiger partial charge is 0.394 e. The van der Waals surface area contributed by atoms with Crippen LogP contribution in [-0.2, 0) is 33.2 Å². The number of ether oxygens (including phenoxy) is 6. The fourth-order valence-corrected chi connectivity index (χ4v) is 4.59. The molecule has 0 amide bonds. The lowest BCUT2D eigenvalue weighted by atomic mass is 9.96. The van der Waals surface area contributed by atoms with Gasteiger partial charge in [0, 0.05) is 24.7 Å².